The summed E-state index contributed by atoms with van der Waals surface area (Å²) in [7, 11) is 0. The minimum absolute atomic E-state index is 0.345. The van der Waals surface area contributed by atoms with Crippen LogP contribution in [0.2, 0.25) is 0 Å². The van der Waals surface area contributed by atoms with Gasteiger partial charge in [0.25, 0.3) is 0 Å². The molecule has 3 heteroatoms. The first-order chi connectivity index (χ1) is 5.24. The highest BCUT2D eigenvalue weighted by Crippen LogP contribution is 1.99. The Morgan fingerprint density at radius 1 is 1.73 bits per heavy atom. The van der Waals surface area contributed by atoms with E-state index in [1.807, 2.05) is 13.0 Å². The molecule has 0 saturated carbocycles. The van der Waals surface area contributed by atoms with E-state index in [2.05, 4.69) is 6.58 Å². The molecule has 0 radical (unpaired) electrons. The van der Waals surface area contributed by atoms with Crippen LogP contribution in [0.15, 0.2) is 12.7 Å². The number of ether oxygens (including phenoxy) is 2. The van der Waals surface area contributed by atoms with Gasteiger partial charge < -0.3 is 9.47 Å². The summed E-state index contributed by atoms with van der Waals surface area (Å²) >= 11 is 0. The molecule has 11 heavy (non-hydrogen) atoms. The molecule has 0 bridgehead atoms. The maximum absolute atomic E-state index is 8.44. The minimum atomic E-state index is -0.573. The number of nitrogens with zero attached hydrogens (tertiary/aromatic N) is 1. The van der Waals surface area contributed by atoms with Gasteiger partial charge in [0.1, 0.15) is 0 Å². The lowest BCUT2D eigenvalue weighted by atomic mass is 10.4. The third-order valence-corrected chi connectivity index (χ3v) is 1.08. The van der Waals surface area contributed by atoms with E-state index in [0.29, 0.717) is 6.61 Å². The van der Waals surface area contributed by atoms with Crippen molar-refractivity contribution in [3.8, 4) is 6.07 Å². The van der Waals surface area contributed by atoms with Gasteiger partial charge in [-0.05, 0) is 19.9 Å². The first kappa shape index (κ1) is 10.2. The van der Waals surface area contributed by atoms with Crippen LogP contribution in [0.25, 0.3) is 0 Å². The van der Waals surface area contributed by atoms with Crippen molar-refractivity contribution in [1.29, 1.82) is 5.26 Å². The Hall–Kier alpha value is -0.850. The van der Waals surface area contributed by atoms with Crippen molar-refractivity contribution in [1.82, 2.24) is 0 Å². The molecule has 0 aliphatic heterocycles. The Bertz CT molecular complexity index is 151. The van der Waals surface area contributed by atoms with Gasteiger partial charge in [-0.15, -0.1) is 0 Å². The highest BCUT2D eigenvalue weighted by molar-refractivity contribution is 4.97. The fourth-order valence-corrected chi connectivity index (χ4v) is 0.619. The second-order valence-corrected chi connectivity index (χ2v) is 1.94. The van der Waals surface area contributed by atoms with Gasteiger partial charge >= 0.3 is 0 Å². The Morgan fingerprint density at radius 2 is 2.36 bits per heavy atom. The van der Waals surface area contributed by atoms with E-state index in [-0.39, 0.29) is 6.29 Å². The van der Waals surface area contributed by atoms with Gasteiger partial charge in [0.05, 0.1) is 6.07 Å². The Morgan fingerprint density at radius 3 is 2.73 bits per heavy atom. The molecule has 0 fully saturated rings. The summed E-state index contributed by atoms with van der Waals surface area (Å²) < 4.78 is 10.1. The van der Waals surface area contributed by atoms with Crippen LogP contribution in [0.5, 0.6) is 0 Å². The normalized spacial score (nSPS) is 15.0. The Kier molecular flexibility index (Phi) is 5.44. The van der Waals surface area contributed by atoms with E-state index in [0.717, 1.165) is 0 Å². The van der Waals surface area contributed by atoms with Crippen molar-refractivity contribution in [3.63, 3.8) is 0 Å². The maximum Gasteiger partial charge on any atom is 0.165 e. The molecule has 0 aliphatic carbocycles. The average molecular weight is 155 g/mol. The van der Waals surface area contributed by atoms with Gasteiger partial charge in [0.2, 0.25) is 0 Å². The van der Waals surface area contributed by atoms with Crippen molar-refractivity contribution >= 4 is 0 Å². The monoisotopic (exact) mass is 155 g/mol. The molecule has 0 aromatic rings. The first-order valence-corrected chi connectivity index (χ1v) is 3.53. The first-order valence-electron chi connectivity index (χ1n) is 3.53. The van der Waals surface area contributed by atoms with Crippen LogP contribution >= 0.6 is 0 Å². The molecule has 0 aromatic heterocycles. The molecule has 62 valence electrons. The Balaban J connectivity index is 3.64. The summed E-state index contributed by atoms with van der Waals surface area (Å²) in [5.41, 5.74) is 0. The lowest BCUT2D eigenvalue weighted by Crippen LogP contribution is -2.19. The summed E-state index contributed by atoms with van der Waals surface area (Å²) in [5.74, 6) is 0. The topological polar surface area (TPSA) is 42.2 Å². The van der Waals surface area contributed by atoms with Crippen LogP contribution in [0.4, 0.5) is 0 Å². The van der Waals surface area contributed by atoms with Gasteiger partial charge in [-0.2, -0.15) is 5.26 Å². The van der Waals surface area contributed by atoms with Crippen LogP contribution in [-0.2, 0) is 9.47 Å². The molecule has 2 atom stereocenters. The molecule has 0 N–H and O–H groups in total. The highest BCUT2D eigenvalue weighted by atomic mass is 16.7. The standard InChI is InChI=1S/C8H13NO2/c1-4-8(6-9)11-7(3)10-5-2/h4,7-8H,1,5H2,2-3H3/t7-,8-/m1/s1. The van der Waals surface area contributed by atoms with Crippen molar-refractivity contribution in [2.45, 2.75) is 26.2 Å². The fourth-order valence-electron chi connectivity index (χ4n) is 0.619. The van der Waals surface area contributed by atoms with E-state index < -0.39 is 6.10 Å². The lowest BCUT2D eigenvalue weighted by Gasteiger charge is -2.13. The van der Waals surface area contributed by atoms with E-state index >= 15 is 0 Å². The van der Waals surface area contributed by atoms with Crippen LogP contribution in [0.3, 0.4) is 0 Å². The smallest absolute Gasteiger partial charge is 0.165 e. The van der Waals surface area contributed by atoms with E-state index in [1.165, 1.54) is 6.08 Å². The van der Waals surface area contributed by atoms with Crippen molar-refractivity contribution in [2.24, 2.45) is 0 Å². The number of hydrogen-bond donors (Lipinski definition) is 0. The molecule has 0 unspecified atom stereocenters. The van der Waals surface area contributed by atoms with Crippen LogP contribution in [-0.4, -0.2) is 19.0 Å². The molecule has 0 aromatic carbocycles. The quantitative estimate of drug-likeness (QED) is 0.446. The number of nitriles is 1. The highest BCUT2D eigenvalue weighted by Gasteiger charge is 2.07. The second-order valence-electron chi connectivity index (χ2n) is 1.94. The van der Waals surface area contributed by atoms with Crippen LogP contribution < -0.4 is 0 Å². The molecule has 3 nitrogen and oxygen atoms in total. The molecule has 0 rings (SSSR count). The van der Waals surface area contributed by atoms with Gasteiger partial charge in [-0.25, -0.2) is 0 Å². The summed E-state index contributed by atoms with van der Waals surface area (Å²) in [6.07, 6.45) is 0.523. The summed E-state index contributed by atoms with van der Waals surface area (Å²) in [6, 6.07) is 1.92. The largest absolute Gasteiger partial charge is 0.353 e. The average Bonchev–Trinajstić information content (AvgIpc) is 2.01. The summed E-state index contributed by atoms with van der Waals surface area (Å²) in [5, 5.41) is 8.44. The summed E-state index contributed by atoms with van der Waals surface area (Å²) in [4.78, 5) is 0. The molecule has 0 amide bonds. The molecule has 0 spiro atoms. The van der Waals surface area contributed by atoms with Crippen molar-refractivity contribution in [3.05, 3.63) is 12.7 Å². The van der Waals surface area contributed by atoms with E-state index in [4.69, 9.17) is 14.7 Å². The van der Waals surface area contributed by atoms with Gasteiger partial charge in [-0.1, -0.05) is 6.58 Å². The van der Waals surface area contributed by atoms with Crippen molar-refractivity contribution < 1.29 is 9.47 Å². The Labute approximate surface area is 67.2 Å². The SMILES string of the molecule is C=C[C@H](C#N)O[C@H](C)OCC. The van der Waals surface area contributed by atoms with E-state index in [9.17, 15) is 0 Å². The van der Waals surface area contributed by atoms with Crippen LogP contribution in [0, 0.1) is 11.3 Å². The third-order valence-electron chi connectivity index (χ3n) is 1.08. The second kappa shape index (κ2) is 5.90. The third kappa shape index (κ3) is 4.54. The minimum Gasteiger partial charge on any atom is -0.353 e. The van der Waals surface area contributed by atoms with E-state index in [1.54, 1.807) is 6.92 Å². The molecule has 0 heterocycles. The zero-order chi connectivity index (χ0) is 8.69. The number of hydrogen-bond acceptors (Lipinski definition) is 3. The van der Waals surface area contributed by atoms with Gasteiger partial charge in [0.15, 0.2) is 12.4 Å². The predicted octanol–water partition coefficient (Wildman–Crippen LogP) is 1.46. The fraction of sp³-hybridized carbons (Fsp3) is 0.625. The summed E-state index contributed by atoms with van der Waals surface area (Å²) in [6.45, 7) is 7.64. The number of rotatable bonds is 5. The van der Waals surface area contributed by atoms with Gasteiger partial charge in [0, 0.05) is 6.61 Å². The lowest BCUT2D eigenvalue weighted by molar-refractivity contribution is -0.133. The predicted molar refractivity (Wildman–Crippen MR) is 41.8 cm³/mol. The van der Waals surface area contributed by atoms with Crippen LogP contribution in [0.1, 0.15) is 13.8 Å². The zero-order valence-corrected chi connectivity index (χ0v) is 6.91. The molecule has 0 aliphatic rings. The molecular formula is C8H13NO2. The molecule has 0 saturated heterocycles. The maximum atomic E-state index is 8.44. The van der Waals surface area contributed by atoms with Crippen molar-refractivity contribution in [2.75, 3.05) is 6.61 Å². The zero-order valence-electron chi connectivity index (χ0n) is 6.91. The molecular weight excluding hydrogens is 142 g/mol. The van der Waals surface area contributed by atoms with Gasteiger partial charge in [-0.3, -0.25) is 0 Å².